The third-order valence-electron chi connectivity index (χ3n) is 8.96. The van der Waals surface area contributed by atoms with Gasteiger partial charge in [-0.1, -0.05) is 0 Å². The van der Waals surface area contributed by atoms with E-state index in [1.54, 1.807) is 25.7 Å². The smallest absolute Gasteiger partial charge is 0.407 e. The van der Waals surface area contributed by atoms with Crippen LogP contribution in [-0.2, 0) is 17.6 Å². The first kappa shape index (κ1) is 44.0. The Morgan fingerprint density at radius 1 is 0.788 bits per heavy atom. The minimum absolute atomic E-state index is 0. The van der Waals surface area contributed by atoms with Crippen LogP contribution in [0.2, 0.25) is 0 Å². The molecule has 3 N–H and O–H groups in total. The van der Waals surface area contributed by atoms with Gasteiger partial charge in [-0.05, 0) is 120 Å². The Morgan fingerprint density at radius 2 is 1.21 bits per heavy atom. The summed E-state index contributed by atoms with van der Waals surface area (Å²) in [6.07, 6.45) is 2.23. The normalized spacial score (nSPS) is 13.7. The molecule has 13 heteroatoms. The minimum atomic E-state index is -0.599. The Kier molecular flexibility index (Phi) is 17.6. The molecular formula is C39H57ClF2N6O4. The number of anilines is 2. The maximum atomic E-state index is 13.4. The first-order valence-electron chi connectivity index (χ1n) is 17.9. The summed E-state index contributed by atoms with van der Waals surface area (Å²) < 4.78 is 31.3. The van der Waals surface area contributed by atoms with E-state index in [0.717, 1.165) is 54.0 Å². The summed E-state index contributed by atoms with van der Waals surface area (Å²) in [5.41, 5.74) is 11.7. The molecule has 0 saturated carbocycles. The number of alkyl carbamates (subject to hydrolysis) is 1. The zero-order valence-electron chi connectivity index (χ0n) is 31.8. The minimum Gasteiger partial charge on any atom is -0.444 e. The van der Waals surface area contributed by atoms with E-state index >= 15 is 0 Å². The van der Waals surface area contributed by atoms with Crippen molar-refractivity contribution >= 4 is 41.7 Å². The van der Waals surface area contributed by atoms with Gasteiger partial charge in [0.05, 0.1) is 12.7 Å². The third-order valence-corrected chi connectivity index (χ3v) is 8.96. The molecule has 0 spiro atoms. The summed E-state index contributed by atoms with van der Waals surface area (Å²) in [4.78, 5) is 44.5. The fraction of sp³-hybridized carbons (Fsp3) is 0.513. The maximum Gasteiger partial charge on any atom is 0.407 e. The molecule has 4 rings (SSSR count). The van der Waals surface area contributed by atoms with E-state index in [9.17, 15) is 23.2 Å². The van der Waals surface area contributed by atoms with Crippen LogP contribution in [0.3, 0.4) is 0 Å². The number of nitrogens with one attached hydrogen (secondary N) is 1. The average Bonchev–Trinajstić information content (AvgIpc) is 3.72. The predicted octanol–water partition coefficient (Wildman–Crippen LogP) is 6.67. The topological polar surface area (TPSA) is 111 Å². The number of hydrogen-bond donors (Lipinski definition) is 2. The Labute approximate surface area is 314 Å². The number of fused-ring (bicyclic) bond motifs is 2. The molecular weight excluding hydrogens is 690 g/mol. The molecule has 2 aromatic rings. The Morgan fingerprint density at radius 3 is 1.58 bits per heavy atom. The zero-order chi connectivity index (χ0) is 37.7. The van der Waals surface area contributed by atoms with Gasteiger partial charge in [-0.25, -0.2) is 13.6 Å². The molecule has 0 fully saturated rings. The van der Waals surface area contributed by atoms with Gasteiger partial charge in [-0.3, -0.25) is 9.59 Å². The molecule has 0 bridgehead atoms. The van der Waals surface area contributed by atoms with Crippen LogP contribution in [0.4, 0.5) is 25.0 Å². The standard InChI is InChI=1S/C22H32FN3O3.C17H24FN3O.ClH/c1-6-25(7-2)20(27)18-8-9-19-17(12-18)10-11-26(19)15-16(13-23)14-24-21(28)29-22(3,4)5;1-3-20(4-2)17(22)15-5-6-16-14(9-15)7-8-21(16)12-13(10-18)11-19;/h8-9,12-13H,6-7,10-11,14-15H2,1-5H3,(H,24,28);5-6,9-10H,3-4,7-8,11-12,19H2,1-2H3;1H/b16-13+;13-10+;. The highest BCUT2D eigenvalue weighted by Gasteiger charge is 2.24. The molecule has 3 amide bonds. The fourth-order valence-electron chi connectivity index (χ4n) is 6.18. The fourth-order valence-corrected chi connectivity index (χ4v) is 6.18. The lowest BCUT2D eigenvalue weighted by molar-refractivity contribution is 0.0531. The lowest BCUT2D eigenvalue weighted by atomic mass is 10.1. The number of nitrogens with zero attached hydrogens (tertiary/aromatic N) is 4. The van der Waals surface area contributed by atoms with Gasteiger partial charge in [0.1, 0.15) is 5.60 Å². The number of benzene rings is 2. The van der Waals surface area contributed by atoms with Crippen molar-refractivity contribution in [3.63, 3.8) is 0 Å². The number of amides is 3. The summed E-state index contributed by atoms with van der Waals surface area (Å²) in [5, 5.41) is 2.59. The van der Waals surface area contributed by atoms with E-state index in [1.807, 2.05) is 69.0 Å². The second kappa shape index (κ2) is 20.8. The molecule has 288 valence electrons. The van der Waals surface area contributed by atoms with Crippen molar-refractivity contribution in [2.75, 3.05) is 75.2 Å². The van der Waals surface area contributed by atoms with E-state index in [1.165, 1.54) is 0 Å². The largest absolute Gasteiger partial charge is 0.444 e. The lowest BCUT2D eigenvalue weighted by Gasteiger charge is -2.23. The van der Waals surface area contributed by atoms with Gasteiger partial charge in [0, 0.05) is 87.9 Å². The molecule has 2 aliphatic rings. The first-order valence-corrected chi connectivity index (χ1v) is 17.9. The van der Waals surface area contributed by atoms with Crippen molar-refractivity contribution in [1.82, 2.24) is 15.1 Å². The molecule has 10 nitrogen and oxygen atoms in total. The van der Waals surface area contributed by atoms with Crippen LogP contribution in [0.25, 0.3) is 0 Å². The van der Waals surface area contributed by atoms with E-state index in [2.05, 4.69) is 15.1 Å². The van der Waals surface area contributed by atoms with Crippen molar-refractivity contribution in [3.8, 4) is 0 Å². The summed E-state index contributed by atoms with van der Waals surface area (Å²) >= 11 is 0. The number of carbonyl (C=O) groups excluding carboxylic acids is 3. The SMILES string of the molecule is CCN(CC)C(=O)c1ccc2c(c1)CCN2C/C(=C/F)CN.CCN(CC)C(=O)c1ccc2c(c1)CCN2C/C(=C/F)CNC(=O)OC(C)(C)C.Cl. The van der Waals surface area contributed by atoms with Crippen LogP contribution >= 0.6 is 12.4 Å². The molecule has 0 aliphatic carbocycles. The van der Waals surface area contributed by atoms with Gasteiger partial charge in [0.25, 0.3) is 11.8 Å². The highest BCUT2D eigenvalue weighted by Crippen LogP contribution is 2.31. The monoisotopic (exact) mass is 746 g/mol. The second-order valence-electron chi connectivity index (χ2n) is 13.6. The Balaban J connectivity index is 0.000000366. The first-order chi connectivity index (χ1) is 24.3. The van der Waals surface area contributed by atoms with E-state index < -0.39 is 11.7 Å². The Hall–Kier alpha value is -4.16. The number of carbonyl (C=O) groups is 3. The lowest BCUT2D eigenvalue weighted by Crippen LogP contribution is -2.35. The number of hydrogen-bond acceptors (Lipinski definition) is 7. The second-order valence-corrected chi connectivity index (χ2v) is 13.6. The molecule has 2 aromatic carbocycles. The van der Waals surface area contributed by atoms with Crippen molar-refractivity contribution in [3.05, 3.63) is 82.5 Å². The van der Waals surface area contributed by atoms with Gasteiger partial charge >= 0.3 is 6.09 Å². The number of halogens is 3. The van der Waals surface area contributed by atoms with Crippen molar-refractivity contribution < 1.29 is 27.9 Å². The van der Waals surface area contributed by atoms with Gasteiger partial charge in [-0.2, -0.15) is 0 Å². The van der Waals surface area contributed by atoms with Crippen LogP contribution in [-0.4, -0.2) is 98.8 Å². The summed E-state index contributed by atoms with van der Waals surface area (Å²) in [6, 6.07) is 11.5. The van der Waals surface area contributed by atoms with Crippen molar-refractivity contribution in [2.24, 2.45) is 5.73 Å². The molecule has 0 unspecified atom stereocenters. The number of rotatable bonds is 13. The van der Waals surface area contributed by atoms with Crippen molar-refractivity contribution in [2.45, 2.75) is 66.9 Å². The van der Waals surface area contributed by atoms with Crippen LogP contribution in [0.1, 0.15) is 80.3 Å². The zero-order valence-corrected chi connectivity index (χ0v) is 32.6. The quantitative estimate of drug-likeness (QED) is 0.236. The maximum absolute atomic E-state index is 13.4. The third kappa shape index (κ3) is 11.9. The van der Waals surface area contributed by atoms with E-state index in [4.69, 9.17) is 10.5 Å². The van der Waals surface area contributed by atoms with E-state index in [0.29, 0.717) is 68.6 Å². The van der Waals surface area contributed by atoms with Crippen molar-refractivity contribution in [1.29, 1.82) is 0 Å². The van der Waals surface area contributed by atoms with Gasteiger partial charge in [-0.15, -0.1) is 12.4 Å². The summed E-state index contributed by atoms with van der Waals surface area (Å²) in [5.74, 6) is 0.0969. The molecule has 0 saturated heterocycles. The Bertz CT molecular complexity index is 1570. The van der Waals surface area contributed by atoms with Crippen LogP contribution in [0, 0.1) is 0 Å². The molecule has 2 heterocycles. The number of ether oxygens (including phenoxy) is 1. The van der Waals surface area contributed by atoms with Gasteiger partial charge in [0.15, 0.2) is 0 Å². The highest BCUT2D eigenvalue weighted by atomic mass is 35.5. The van der Waals surface area contributed by atoms with Crippen LogP contribution in [0.5, 0.6) is 0 Å². The predicted molar refractivity (Wildman–Crippen MR) is 208 cm³/mol. The molecule has 2 aliphatic heterocycles. The number of nitrogens with two attached hydrogens (primary N) is 1. The van der Waals surface area contributed by atoms with Crippen LogP contribution in [0.15, 0.2) is 60.2 Å². The summed E-state index contributed by atoms with van der Waals surface area (Å²) in [6.45, 7) is 18.7. The molecule has 52 heavy (non-hydrogen) atoms. The molecule has 0 aromatic heterocycles. The average molecular weight is 747 g/mol. The summed E-state index contributed by atoms with van der Waals surface area (Å²) in [7, 11) is 0. The van der Waals surface area contributed by atoms with Gasteiger partial charge in [0.2, 0.25) is 0 Å². The highest BCUT2D eigenvalue weighted by molar-refractivity contribution is 5.95. The molecule has 0 atom stereocenters. The van der Waals surface area contributed by atoms with Gasteiger partial charge < -0.3 is 35.4 Å². The van der Waals surface area contributed by atoms with Crippen LogP contribution < -0.4 is 20.9 Å². The van der Waals surface area contributed by atoms with E-state index in [-0.39, 0.29) is 37.3 Å². The molecule has 0 radical (unpaired) electrons.